The fourth-order valence-electron chi connectivity index (χ4n) is 2.35. The molecule has 1 aliphatic rings. The van der Waals surface area contributed by atoms with E-state index in [1.807, 2.05) is 0 Å². The van der Waals surface area contributed by atoms with Crippen LogP contribution in [0.4, 0.5) is 0 Å². The summed E-state index contributed by atoms with van der Waals surface area (Å²) in [4.78, 5) is 24.9. The van der Waals surface area contributed by atoms with Crippen LogP contribution in [0.1, 0.15) is 47.4 Å². The second kappa shape index (κ2) is 7.69. The SMILES string of the molecule is CC(CCC1=C(C)C(=O)c2ccccc2C1=O)=NN=C(N)N.Cl. The first kappa shape index (κ1) is 18.6. The molecule has 0 aromatic heterocycles. The highest BCUT2D eigenvalue weighted by atomic mass is 35.5. The van der Waals surface area contributed by atoms with Crippen molar-refractivity contribution in [2.75, 3.05) is 0 Å². The number of guanidine groups is 1. The zero-order valence-corrected chi connectivity index (χ0v) is 13.8. The van der Waals surface area contributed by atoms with E-state index < -0.39 is 0 Å². The molecule has 1 aliphatic carbocycles. The van der Waals surface area contributed by atoms with E-state index in [9.17, 15) is 9.59 Å². The molecule has 0 unspecified atom stereocenters. The van der Waals surface area contributed by atoms with Crippen molar-refractivity contribution in [3.63, 3.8) is 0 Å². The van der Waals surface area contributed by atoms with Gasteiger partial charge in [-0.25, -0.2) is 0 Å². The number of halogens is 1. The maximum absolute atomic E-state index is 12.5. The Morgan fingerprint density at radius 2 is 1.61 bits per heavy atom. The lowest BCUT2D eigenvalue weighted by Crippen LogP contribution is -2.22. The monoisotopic (exact) mass is 334 g/mol. The molecule has 122 valence electrons. The summed E-state index contributed by atoms with van der Waals surface area (Å²) in [6.45, 7) is 3.46. The van der Waals surface area contributed by atoms with E-state index in [2.05, 4.69) is 10.2 Å². The first-order valence-corrected chi connectivity index (χ1v) is 6.92. The van der Waals surface area contributed by atoms with Crippen LogP contribution in [0.5, 0.6) is 0 Å². The number of carbonyl (C=O) groups is 2. The number of Topliss-reactive ketones (excluding diaryl/α,β-unsaturated/α-hetero) is 2. The fourth-order valence-corrected chi connectivity index (χ4v) is 2.35. The lowest BCUT2D eigenvalue weighted by Gasteiger charge is -2.18. The minimum atomic E-state index is -0.118. The van der Waals surface area contributed by atoms with Crippen molar-refractivity contribution in [3.8, 4) is 0 Å². The molecule has 1 aromatic carbocycles. The van der Waals surface area contributed by atoms with Gasteiger partial charge in [-0.15, -0.1) is 17.5 Å². The van der Waals surface area contributed by atoms with E-state index >= 15 is 0 Å². The summed E-state index contributed by atoms with van der Waals surface area (Å²) in [5, 5.41) is 7.43. The molecular weight excluding hydrogens is 316 g/mol. The second-order valence-electron chi connectivity index (χ2n) is 5.17. The van der Waals surface area contributed by atoms with E-state index in [-0.39, 0.29) is 29.9 Å². The number of nitrogens with two attached hydrogens (primary N) is 2. The van der Waals surface area contributed by atoms with Crippen molar-refractivity contribution >= 4 is 35.6 Å². The number of rotatable bonds is 4. The molecule has 0 atom stereocenters. The summed E-state index contributed by atoms with van der Waals surface area (Å²) in [5.41, 5.74) is 13.1. The molecule has 2 rings (SSSR count). The molecule has 1 aromatic rings. The molecule has 0 fully saturated rings. The van der Waals surface area contributed by atoms with Crippen molar-refractivity contribution in [2.45, 2.75) is 26.7 Å². The van der Waals surface area contributed by atoms with Gasteiger partial charge in [0, 0.05) is 28.0 Å². The largest absolute Gasteiger partial charge is 0.369 e. The van der Waals surface area contributed by atoms with Gasteiger partial charge in [0.25, 0.3) is 0 Å². The number of benzene rings is 1. The quantitative estimate of drug-likeness (QED) is 0.499. The summed E-state index contributed by atoms with van der Waals surface area (Å²) in [5.74, 6) is -0.307. The third kappa shape index (κ3) is 4.04. The highest BCUT2D eigenvalue weighted by Crippen LogP contribution is 2.28. The summed E-state index contributed by atoms with van der Waals surface area (Å²) in [7, 11) is 0. The topological polar surface area (TPSA) is 111 Å². The third-order valence-corrected chi connectivity index (χ3v) is 3.56. The standard InChI is InChI=1S/C16H18N4O2.ClH/c1-9(19-20-16(17)18)7-8-11-10(2)14(21)12-5-3-4-6-13(12)15(11)22;/h3-6H,7-8H2,1-2H3,(H4,17,18,20);1H. The van der Waals surface area contributed by atoms with Crippen molar-refractivity contribution < 1.29 is 9.59 Å². The molecule has 0 heterocycles. The lowest BCUT2D eigenvalue weighted by atomic mass is 9.83. The highest BCUT2D eigenvalue weighted by Gasteiger charge is 2.28. The average Bonchev–Trinajstić information content (AvgIpc) is 2.50. The number of fused-ring (bicyclic) bond motifs is 1. The van der Waals surface area contributed by atoms with Gasteiger partial charge in [0.2, 0.25) is 5.96 Å². The van der Waals surface area contributed by atoms with Gasteiger partial charge in [0.05, 0.1) is 0 Å². The molecule has 4 N–H and O–H groups in total. The predicted octanol–water partition coefficient (Wildman–Crippen LogP) is 2.23. The maximum atomic E-state index is 12.5. The van der Waals surface area contributed by atoms with E-state index in [0.717, 1.165) is 0 Å². The van der Waals surface area contributed by atoms with Crippen molar-refractivity contribution in [1.82, 2.24) is 0 Å². The predicted molar refractivity (Wildman–Crippen MR) is 93.2 cm³/mol. The minimum absolute atomic E-state index is 0. The van der Waals surface area contributed by atoms with Crippen LogP contribution in [0, 0.1) is 0 Å². The number of carbonyl (C=O) groups excluding carboxylic acids is 2. The Morgan fingerprint density at radius 3 is 2.17 bits per heavy atom. The zero-order chi connectivity index (χ0) is 16.3. The maximum Gasteiger partial charge on any atom is 0.211 e. The number of hydrogen-bond acceptors (Lipinski definition) is 4. The van der Waals surface area contributed by atoms with Gasteiger partial charge < -0.3 is 11.5 Å². The number of ketones is 2. The van der Waals surface area contributed by atoms with Gasteiger partial charge in [-0.3, -0.25) is 9.59 Å². The summed E-state index contributed by atoms with van der Waals surface area (Å²) in [6.07, 6.45) is 0.935. The Labute approximate surface area is 140 Å². The van der Waals surface area contributed by atoms with Crippen LogP contribution in [-0.4, -0.2) is 23.2 Å². The van der Waals surface area contributed by atoms with Gasteiger partial charge in [-0.05, 0) is 26.7 Å². The van der Waals surface area contributed by atoms with Crippen LogP contribution in [0.25, 0.3) is 0 Å². The second-order valence-corrected chi connectivity index (χ2v) is 5.17. The van der Waals surface area contributed by atoms with Crippen molar-refractivity contribution in [2.24, 2.45) is 21.7 Å². The van der Waals surface area contributed by atoms with Crippen LogP contribution in [-0.2, 0) is 0 Å². The Hall–Kier alpha value is -2.47. The zero-order valence-electron chi connectivity index (χ0n) is 13.0. The Kier molecular flexibility index (Phi) is 6.21. The van der Waals surface area contributed by atoms with Crippen molar-refractivity contribution in [1.29, 1.82) is 0 Å². The first-order chi connectivity index (χ1) is 10.4. The van der Waals surface area contributed by atoms with Gasteiger partial charge in [-0.2, -0.15) is 5.10 Å². The van der Waals surface area contributed by atoms with Gasteiger partial charge >= 0.3 is 0 Å². The molecule has 0 saturated heterocycles. The lowest BCUT2D eigenvalue weighted by molar-refractivity contribution is 0.0972. The molecule has 0 saturated carbocycles. The molecule has 0 spiro atoms. The van der Waals surface area contributed by atoms with Gasteiger partial charge in [0.1, 0.15) is 0 Å². The van der Waals surface area contributed by atoms with Gasteiger partial charge in [-0.1, -0.05) is 24.3 Å². The van der Waals surface area contributed by atoms with Crippen molar-refractivity contribution in [3.05, 3.63) is 46.5 Å². The number of hydrogen-bond donors (Lipinski definition) is 2. The van der Waals surface area contributed by atoms with Gasteiger partial charge in [0.15, 0.2) is 11.6 Å². The molecule has 0 amide bonds. The fraction of sp³-hybridized carbons (Fsp3) is 0.250. The molecular formula is C16H19ClN4O2. The highest BCUT2D eigenvalue weighted by molar-refractivity contribution is 6.26. The Bertz CT molecular complexity index is 731. The molecule has 23 heavy (non-hydrogen) atoms. The number of allylic oxidation sites excluding steroid dienone is 2. The van der Waals surface area contributed by atoms with Crippen LogP contribution in [0.3, 0.4) is 0 Å². The summed E-state index contributed by atoms with van der Waals surface area (Å²) >= 11 is 0. The minimum Gasteiger partial charge on any atom is -0.369 e. The summed E-state index contributed by atoms with van der Waals surface area (Å²) in [6, 6.07) is 6.88. The first-order valence-electron chi connectivity index (χ1n) is 6.92. The molecule has 6 nitrogen and oxygen atoms in total. The van der Waals surface area contributed by atoms with E-state index in [0.29, 0.717) is 40.8 Å². The smallest absolute Gasteiger partial charge is 0.211 e. The van der Waals surface area contributed by atoms with E-state index in [4.69, 9.17) is 11.5 Å². The van der Waals surface area contributed by atoms with Crippen LogP contribution < -0.4 is 11.5 Å². The number of nitrogens with zero attached hydrogens (tertiary/aromatic N) is 2. The molecule has 0 bridgehead atoms. The van der Waals surface area contributed by atoms with Crippen LogP contribution in [0.15, 0.2) is 45.6 Å². The average molecular weight is 335 g/mol. The molecule has 0 aliphatic heterocycles. The van der Waals surface area contributed by atoms with E-state index in [1.54, 1.807) is 38.1 Å². The third-order valence-electron chi connectivity index (χ3n) is 3.56. The van der Waals surface area contributed by atoms with Crippen LogP contribution >= 0.6 is 12.4 Å². The Morgan fingerprint density at radius 1 is 1.04 bits per heavy atom. The van der Waals surface area contributed by atoms with E-state index in [1.165, 1.54) is 0 Å². The Balaban J connectivity index is 0.00000264. The normalized spacial score (nSPS) is 14.3. The summed E-state index contributed by atoms with van der Waals surface area (Å²) < 4.78 is 0. The molecule has 7 heteroatoms. The van der Waals surface area contributed by atoms with Crippen LogP contribution in [0.2, 0.25) is 0 Å². The molecule has 0 radical (unpaired) electrons.